The van der Waals surface area contributed by atoms with Gasteiger partial charge in [0.15, 0.2) is 0 Å². The van der Waals surface area contributed by atoms with Gasteiger partial charge in [0.2, 0.25) is 5.78 Å². The van der Waals surface area contributed by atoms with E-state index in [1.165, 1.54) is 6.20 Å². The summed E-state index contributed by atoms with van der Waals surface area (Å²) in [4.78, 5) is 16.0. The van der Waals surface area contributed by atoms with Crippen LogP contribution < -0.4 is 0 Å². The highest BCUT2D eigenvalue weighted by Gasteiger charge is 2.16. The summed E-state index contributed by atoms with van der Waals surface area (Å²) in [6.07, 6.45) is 4.61. The number of ketones is 1. The number of aryl methyl sites for hydroxylation is 1. The Kier molecular flexibility index (Phi) is 3.01. The Morgan fingerprint density at radius 1 is 1.44 bits per heavy atom. The van der Waals surface area contributed by atoms with Gasteiger partial charge in [0, 0.05) is 30.7 Å². The van der Waals surface area contributed by atoms with Crippen LogP contribution in [0.2, 0.25) is 5.02 Å². The number of aromatic nitrogens is 3. The van der Waals surface area contributed by atoms with E-state index in [2.05, 4.69) is 10.1 Å². The van der Waals surface area contributed by atoms with Gasteiger partial charge >= 0.3 is 0 Å². The van der Waals surface area contributed by atoms with E-state index in [-0.39, 0.29) is 5.78 Å². The molecule has 0 N–H and O–H groups in total. The summed E-state index contributed by atoms with van der Waals surface area (Å²) in [5.74, 6) is -0.133. The third-order valence-electron chi connectivity index (χ3n) is 2.27. The molecule has 2 rings (SSSR count). The lowest BCUT2D eigenvalue weighted by Gasteiger charge is -2.04. The number of carbonyl (C=O) groups excluding carboxylic acids is 1. The van der Waals surface area contributed by atoms with Crippen molar-refractivity contribution in [2.45, 2.75) is 13.5 Å². The number of hydrogen-bond acceptors (Lipinski definition) is 3. The average Bonchev–Trinajstić information content (AvgIpc) is 2.77. The second-order valence-electron chi connectivity index (χ2n) is 3.22. The minimum absolute atomic E-state index is 0.133. The van der Waals surface area contributed by atoms with Crippen LogP contribution in [-0.2, 0) is 6.54 Å². The van der Waals surface area contributed by atoms with Crippen molar-refractivity contribution in [3.63, 3.8) is 0 Å². The number of pyridine rings is 1. The van der Waals surface area contributed by atoms with E-state index in [4.69, 9.17) is 11.6 Å². The molecule has 0 aromatic carbocycles. The molecule has 0 atom stereocenters. The van der Waals surface area contributed by atoms with E-state index in [1.54, 1.807) is 29.2 Å². The highest BCUT2D eigenvalue weighted by molar-refractivity contribution is 6.34. The van der Waals surface area contributed by atoms with Crippen molar-refractivity contribution in [2.24, 2.45) is 0 Å². The topological polar surface area (TPSA) is 47.8 Å². The number of hydrogen-bond donors (Lipinski definition) is 0. The highest BCUT2D eigenvalue weighted by atomic mass is 35.5. The molecule has 4 nitrogen and oxygen atoms in total. The van der Waals surface area contributed by atoms with Crippen LogP contribution in [0, 0.1) is 0 Å². The van der Waals surface area contributed by atoms with Gasteiger partial charge in [-0.05, 0) is 19.1 Å². The number of nitrogens with zero attached hydrogens (tertiary/aromatic N) is 3. The van der Waals surface area contributed by atoms with Gasteiger partial charge in [0.25, 0.3) is 0 Å². The monoisotopic (exact) mass is 235 g/mol. The van der Waals surface area contributed by atoms with E-state index >= 15 is 0 Å². The summed E-state index contributed by atoms with van der Waals surface area (Å²) < 4.78 is 1.64. The SMILES string of the molecule is CCn1nccc1C(=O)c1ccncc1Cl. The van der Waals surface area contributed by atoms with Gasteiger partial charge in [0.05, 0.1) is 5.02 Å². The Hall–Kier alpha value is -1.68. The van der Waals surface area contributed by atoms with Crippen LogP contribution in [0.25, 0.3) is 0 Å². The second-order valence-corrected chi connectivity index (χ2v) is 3.62. The van der Waals surface area contributed by atoms with Crippen molar-refractivity contribution in [1.82, 2.24) is 14.8 Å². The third-order valence-corrected chi connectivity index (χ3v) is 2.57. The van der Waals surface area contributed by atoms with E-state index in [1.807, 2.05) is 6.92 Å². The maximum atomic E-state index is 12.1. The molecule has 0 fully saturated rings. The van der Waals surface area contributed by atoms with Crippen molar-refractivity contribution in [2.75, 3.05) is 0 Å². The molecule has 0 spiro atoms. The molecule has 0 aliphatic heterocycles. The average molecular weight is 236 g/mol. The standard InChI is InChI=1S/C11H10ClN3O/c1-2-15-10(4-6-14-15)11(16)8-3-5-13-7-9(8)12/h3-7H,2H2,1H3. The molecule has 0 saturated heterocycles. The van der Waals surface area contributed by atoms with Crippen molar-refractivity contribution >= 4 is 17.4 Å². The maximum absolute atomic E-state index is 12.1. The molecule has 0 radical (unpaired) electrons. The van der Waals surface area contributed by atoms with Crippen molar-refractivity contribution in [3.05, 3.63) is 47.0 Å². The van der Waals surface area contributed by atoms with Gasteiger partial charge in [-0.2, -0.15) is 5.10 Å². The molecule has 0 aliphatic carbocycles. The van der Waals surface area contributed by atoms with Crippen LogP contribution in [-0.4, -0.2) is 20.5 Å². The maximum Gasteiger partial charge on any atom is 0.212 e. The van der Waals surface area contributed by atoms with Gasteiger partial charge < -0.3 is 0 Å². The Labute approximate surface area is 97.9 Å². The smallest absolute Gasteiger partial charge is 0.212 e. The van der Waals surface area contributed by atoms with Crippen LogP contribution in [0.15, 0.2) is 30.7 Å². The molecule has 82 valence electrons. The van der Waals surface area contributed by atoms with Crippen LogP contribution in [0.1, 0.15) is 23.0 Å². The number of carbonyl (C=O) groups is 1. The highest BCUT2D eigenvalue weighted by Crippen LogP contribution is 2.17. The molecule has 16 heavy (non-hydrogen) atoms. The lowest BCUT2D eigenvalue weighted by atomic mass is 10.1. The van der Waals surface area contributed by atoms with Crippen LogP contribution in [0.5, 0.6) is 0 Å². The quantitative estimate of drug-likeness (QED) is 0.767. The molecule has 2 heterocycles. The van der Waals surface area contributed by atoms with Crippen molar-refractivity contribution in [1.29, 1.82) is 0 Å². The lowest BCUT2D eigenvalue weighted by Crippen LogP contribution is -2.11. The van der Waals surface area contributed by atoms with Crippen molar-refractivity contribution < 1.29 is 4.79 Å². The second kappa shape index (κ2) is 4.45. The molecule has 2 aromatic heterocycles. The summed E-state index contributed by atoms with van der Waals surface area (Å²) in [6.45, 7) is 2.58. The lowest BCUT2D eigenvalue weighted by molar-refractivity contribution is 0.102. The predicted octanol–water partition coefficient (Wildman–Crippen LogP) is 2.18. The molecular formula is C11H10ClN3O. The molecule has 2 aromatic rings. The molecule has 5 heteroatoms. The zero-order valence-corrected chi connectivity index (χ0v) is 9.48. The Morgan fingerprint density at radius 3 is 2.94 bits per heavy atom. The largest absolute Gasteiger partial charge is 0.287 e. The summed E-state index contributed by atoms with van der Waals surface area (Å²) >= 11 is 5.92. The third kappa shape index (κ3) is 1.84. The Balaban J connectivity index is 2.44. The number of halogens is 1. The normalized spacial score (nSPS) is 10.4. The van der Waals surface area contributed by atoms with E-state index in [0.29, 0.717) is 22.8 Å². The van der Waals surface area contributed by atoms with Crippen molar-refractivity contribution in [3.8, 4) is 0 Å². The molecule has 0 bridgehead atoms. The number of rotatable bonds is 3. The molecule has 0 saturated carbocycles. The minimum Gasteiger partial charge on any atom is -0.287 e. The fourth-order valence-electron chi connectivity index (χ4n) is 1.47. The van der Waals surface area contributed by atoms with Gasteiger partial charge in [-0.25, -0.2) is 0 Å². The summed E-state index contributed by atoms with van der Waals surface area (Å²) in [5, 5.41) is 4.41. The van der Waals surface area contributed by atoms with Gasteiger partial charge in [-0.3, -0.25) is 14.5 Å². The van der Waals surface area contributed by atoms with E-state index < -0.39 is 0 Å². The minimum atomic E-state index is -0.133. The Morgan fingerprint density at radius 2 is 2.25 bits per heavy atom. The summed E-state index contributed by atoms with van der Waals surface area (Å²) in [6, 6.07) is 3.29. The van der Waals surface area contributed by atoms with E-state index in [0.717, 1.165) is 0 Å². The van der Waals surface area contributed by atoms with Gasteiger partial charge in [-0.15, -0.1) is 0 Å². The fourth-order valence-corrected chi connectivity index (χ4v) is 1.68. The van der Waals surface area contributed by atoms with Gasteiger partial charge in [0.1, 0.15) is 5.69 Å². The van der Waals surface area contributed by atoms with E-state index in [9.17, 15) is 4.79 Å². The zero-order chi connectivity index (χ0) is 11.5. The Bertz CT molecular complexity index is 521. The van der Waals surface area contributed by atoms with Crippen LogP contribution in [0.4, 0.5) is 0 Å². The molecule has 0 amide bonds. The first kappa shape index (κ1) is 10.8. The summed E-state index contributed by atoms with van der Waals surface area (Å²) in [5.41, 5.74) is 0.988. The summed E-state index contributed by atoms with van der Waals surface area (Å²) in [7, 11) is 0. The predicted molar refractivity (Wildman–Crippen MR) is 60.6 cm³/mol. The first-order valence-electron chi connectivity index (χ1n) is 4.90. The zero-order valence-electron chi connectivity index (χ0n) is 8.72. The molecule has 0 aliphatic rings. The first-order valence-corrected chi connectivity index (χ1v) is 5.28. The molecular weight excluding hydrogens is 226 g/mol. The molecule has 0 unspecified atom stereocenters. The van der Waals surface area contributed by atoms with Crippen LogP contribution in [0.3, 0.4) is 0 Å². The van der Waals surface area contributed by atoms with Gasteiger partial charge in [-0.1, -0.05) is 11.6 Å². The first-order chi connectivity index (χ1) is 7.74. The fraction of sp³-hybridized carbons (Fsp3) is 0.182. The van der Waals surface area contributed by atoms with Crippen LogP contribution >= 0.6 is 11.6 Å².